The fourth-order valence-electron chi connectivity index (χ4n) is 1.02. The number of hydrogen-bond acceptors (Lipinski definition) is 5. The van der Waals surface area contributed by atoms with Crippen molar-refractivity contribution in [3.05, 3.63) is 11.9 Å². The molecule has 0 fully saturated rings. The fourth-order valence-corrected chi connectivity index (χ4v) is 1.02. The molecule has 1 aromatic heterocycles. The summed E-state index contributed by atoms with van der Waals surface area (Å²) in [5.74, 6) is 4.55. The van der Waals surface area contributed by atoms with Crippen molar-refractivity contribution in [3.63, 3.8) is 0 Å². The number of amides is 1. The minimum atomic E-state index is -0.426. The number of carbonyl (C=O) groups is 1. The molecule has 0 aliphatic carbocycles. The number of nitrogens with zero attached hydrogens (tertiary/aromatic N) is 4. The lowest BCUT2D eigenvalue weighted by Crippen LogP contribution is -2.30. The van der Waals surface area contributed by atoms with Crippen molar-refractivity contribution in [2.24, 2.45) is 5.84 Å². The van der Waals surface area contributed by atoms with Crippen LogP contribution in [-0.4, -0.2) is 45.9 Å². The second kappa shape index (κ2) is 5.42. The molecule has 3 N–H and O–H groups in total. The number of carbonyl (C=O) groups excluding carboxylic acids is 1. The van der Waals surface area contributed by atoms with Crippen molar-refractivity contribution < 1.29 is 4.79 Å². The molecule has 15 heavy (non-hydrogen) atoms. The zero-order chi connectivity index (χ0) is 11.3. The highest BCUT2D eigenvalue weighted by atomic mass is 16.2. The molecule has 0 radical (unpaired) electrons. The van der Waals surface area contributed by atoms with Crippen LogP contribution in [0.4, 0.5) is 0 Å². The predicted octanol–water partition coefficient (Wildman–Crippen LogP) is -1.17. The molecule has 1 amide bonds. The fraction of sp³-hybridized carbons (Fsp3) is 0.625. The van der Waals surface area contributed by atoms with Gasteiger partial charge in [-0.2, -0.15) is 0 Å². The Morgan fingerprint density at radius 3 is 3.07 bits per heavy atom. The Bertz CT molecular complexity index is 323. The molecule has 0 aliphatic heterocycles. The van der Waals surface area contributed by atoms with Crippen LogP contribution < -0.4 is 11.3 Å². The number of hydrazine groups is 1. The summed E-state index contributed by atoms with van der Waals surface area (Å²) in [6.07, 6.45) is 1.58. The molecule has 0 unspecified atom stereocenters. The maximum absolute atomic E-state index is 11.1. The van der Waals surface area contributed by atoms with Gasteiger partial charge in [-0.1, -0.05) is 12.1 Å². The second-order valence-corrected chi connectivity index (χ2v) is 3.24. The minimum absolute atomic E-state index is 0.233. The van der Waals surface area contributed by atoms with Gasteiger partial charge < -0.3 is 4.90 Å². The van der Waals surface area contributed by atoms with Crippen LogP contribution in [0.25, 0.3) is 0 Å². The summed E-state index contributed by atoms with van der Waals surface area (Å²) in [4.78, 5) is 13.2. The first-order valence-corrected chi connectivity index (χ1v) is 4.77. The molecule has 7 heteroatoms. The second-order valence-electron chi connectivity index (χ2n) is 3.24. The van der Waals surface area contributed by atoms with E-state index < -0.39 is 5.91 Å². The number of aromatic nitrogens is 3. The lowest BCUT2D eigenvalue weighted by Gasteiger charge is -2.12. The molecule has 0 atom stereocenters. The van der Waals surface area contributed by atoms with Crippen LogP contribution in [0.5, 0.6) is 0 Å². The molecule has 1 aromatic rings. The van der Waals surface area contributed by atoms with Gasteiger partial charge in [-0.3, -0.25) is 14.9 Å². The standard InChI is InChI=1S/C8H16N6O/c1-3-13(2)4-5-14-6-7(11-12-14)8(15)10-9/h6H,3-5,9H2,1-2H3,(H,10,15). The highest BCUT2D eigenvalue weighted by Crippen LogP contribution is 1.93. The van der Waals surface area contributed by atoms with E-state index in [1.807, 2.05) is 12.5 Å². The van der Waals surface area contributed by atoms with Gasteiger partial charge in [0.2, 0.25) is 0 Å². The van der Waals surface area contributed by atoms with E-state index in [4.69, 9.17) is 5.84 Å². The van der Waals surface area contributed by atoms with E-state index in [1.165, 1.54) is 0 Å². The van der Waals surface area contributed by atoms with E-state index in [2.05, 4.69) is 22.1 Å². The molecular weight excluding hydrogens is 196 g/mol. The number of nitrogen functional groups attached to an aromatic ring is 1. The molecule has 0 saturated heterocycles. The summed E-state index contributed by atoms with van der Waals surface area (Å²) >= 11 is 0. The summed E-state index contributed by atoms with van der Waals surface area (Å²) in [6.45, 7) is 4.62. The van der Waals surface area contributed by atoms with Crippen molar-refractivity contribution in [1.82, 2.24) is 25.3 Å². The van der Waals surface area contributed by atoms with Gasteiger partial charge in [-0.25, -0.2) is 5.84 Å². The first kappa shape index (κ1) is 11.6. The molecule has 0 saturated carbocycles. The summed E-state index contributed by atoms with van der Waals surface area (Å²) in [6, 6.07) is 0. The zero-order valence-electron chi connectivity index (χ0n) is 8.97. The van der Waals surface area contributed by atoms with Gasteiger partial charge >= 0.3 is 0 Å². The third kappa shape index (κ3) is 3.30. The van der Waals surface area contributed by atoms with Gasteiger partial charge in [0, 0.05) is 6.54 Å². The lowest BCUT2D eigenvalue weighted by molar-refractivity contribution is 0.0948. The molecule has 84 valence electrons. The van der Waals surface area contributed by atoms with Gasteiger partial charge in [-0.05, 0) is 13.6 Å². The quantitative estimate of drug-likeness (QED) is 0.365. The maximum Gasteiger partial charge on any atom is 0.287 e. The normalized spacial score (nSPS) is 10.7. The largest absolute Gasteiger partial charge is 0.305 e. The van der Waals surface area contributed by atoms with Crippen LogP contribution >= 0.6 is 0 Å². The Kier molecular flexibility index (Phi) is 4.19. The van der Waals surface area contributed by atoms with Crippen LogP contribution in [0.15, 0.2) is 6.20 Å². The SMILES string of the molecule is CCN(C)CCn1cc(C(=O)NN)nn1. The van der Waals surface area contributed by atoms with Crippen LogP contribution in [0, 0.1) is 0 Å². The third-order valence-electron chi connectivity index (χ3n) is 2.15. The van der Waals surface area contributed by atoms with Crippen molar-refractivity contribution in [2.45, 2.75) is 13.5 Å². The number of likely N-dealkylation sites (N-methyl/N-ethyl adjacent to an activating group) is 1. The number of nitrogens with two attached hydrogens (primary N) is 1. The van der Waals surface area contributed by atoms with Crippen molar-refractivity contribution in [1.29, 1.82) is 0 Å². The van der Waals surface area contributed by atoms with Gasteiger partial charge in [0.15, 0.2) is 5.69 Å². The van der Waals surface area contributed by atoms with E-state index in [0.717, 1.165) is 13.1 Å². The highest BCUT2D eigenvalue weighted by molar-refractivity contribution is 5.91. The summed E-state index contributed by atoms with van der Waals surface area (Å²) in [5, 5.41) is 7.51. The first-order valence-electron chi connectivity index (χ1n) is 4.77. The molecule has 1 rings (SSSR count). The highest BCUT2D eigenvalue weighted by Gasteiger charge is 2.08. The predicted molar refractivity (Wildman–Crippen MR) is 54.8 cm³/mol. The van der Waals surface area contributed by atoms with Gasteiger partial charge in [-0.15, -0.1) is 5.10 Å². The molecule has 0 spiro atoms. The van der Waals surface area contributed by atoms with Crippen molar-refractivity contribution in [2.75, 3.05) is 20.1 Å². The molecule has 0 aliphatic rings. The van der Waals surface area contributed by atoms with E-state index in [-0.39, 0.29) is 5.69 Å². The molecular formula is C8H16N6O. The van der Waals surface area contributed by atoms with Crippen molar-refractivity contribution in [3.8, 4) is 0 Å². The average Bonchev–Trinajstić information content (AvgIpc) is 2.73. The molecule has 0 bridgehead atoms. The van der Waals surface area contributed by atoms with E-state index in [9.17, 15) is 4.79 Å². The Labute approximate surface area is 88.2 Å². The summed E-state index contributed by atoms with van der Waals surface area (Å²) in [7, 11) is 2.02. The average molecular weight is 212 g/mol. The van der Waals surface area contributed by atoms with E-state index in [0.29, 0.717) is 6.54 Å². The van der Waals surface area contributed by atoms with E-state index >= 15 is 0 Å². The third-order valence-corrected chi connectivity index (χ3v) is 2.15. The van der Waals surface area contributed by atoms with Crippen molar-refractivity contribution >= 4 is 5.91 Å². The number of hydrogen-bond donors (Lipinski definition) is 2. The van der Waals surface area contributed by atoms with Crippen LogP contribution in [0.2, 0.25) is 0 Å². The topological polar surface area (TPSA) is 89.1 Å². The number of nitrogens with one attached hydrogen (secondary N) is 1. The van der Waals surface area contributed by atoms with Gasteiger partial charge in [0.25, 0.3) is 5.91 Å². The number of rotatable bonds is 5. The van der Waals surface area contributed by atoms with Crippen LogP contribution in [-0.2, 0) is 6.54 Å². The van der Waals surface area contributed by atoms with Crippen LogP contribution in [0.1, 0.15) is 17.4 Å². The smallest absolute Gasteiger partial charge is 0.287 e. The maximum atomic E-state index is 11.1. The van der Waals surface area contributed by atoms with Gasteiger partial charge in [0.1, 0.15) is 0 Å². The minimum Gasteiger partial charge on any atom is -0.305 e. The molecule has 7 nitrogen and oxygen atoms in total. The Hall–Kier alpha value is -1.47. The summed E-state index contributed by atoms with van der Waals surface area (Å²) < 4.78 is 1.62. The monoisotopic (exact) mass is 212 g/mol. The molecule has 0 aromatic carbocycles. The Morgan fingerprint density at radius 2 is 2.47 bits per heavy atom. The Balaban J connectivity index is 2.49. The molecule has 1 heterocycles. The van der Waals surface area contributed by atoms with Crippen LogP contribution in [0.3, 0.4) is 0 Å². The van der Waals surface area contributed by atoms with Gasteiger partial charge in [0.05, 0.1) is 12.7 Å². The first-order chi connectivity index (χ1) is 7.17. The zero-order valence-corrected chi connectivity index (χ0v) is 8.97. The van der Waals surface area contributed by atoms with E-state index in [1.54, 1.807) is 10.9 Å². The Morgan fingerprint density at radius 1 is 1.73 bits per heavy atom. The summed E-state index contributed by atoms with van der Waals surface area (Å²) in [5.41, 5.74) is 2.24. The lowest BCUT2D eigenvalue weighted by atomic mass is 10.4.